The normalized spacial score (nSPS) is 12.2. The fraction of sp³-hybridized carbons (Fsp3) is 0.458. The zero-order valence-corrected chi connectivity index (χ0v) is 22.2. The number of aromatic nitrogens is 3. The standard InChI is InChI=1S/C24H33ClN4O3Si/c1-16-12-21(28-23(30)32-24(2,3)4)26-13-18(16)19-14-29(15-31-10-11-33(5,6)7)22-17(19)8-9-20(25)27-22/h8-9,12-14H,10-11,15H2,1-7H3,(H,26,28,30). The first-order valence-corrected chi connectivity index (χ1v) is 15.1. The summed E-state index contributed by atoms with van der Waals surface area (Å²) in [4.78, 5) is 21.0. The van der Waals surface area contributed by atoms with E-state index in [9.17, 15) is 4.79 Å². The van der Waals surface area contributed by atoms with Crippen molar-refractivity contribution in [3.05, 3.63) is 41.3 Å². The van der Waals surface area contributed by atoms with E-state index < -0.39 is 19.8 Å². The second kappa shape index (κ2) is 9.83. The molecule has 9 heteroatoms. The fourth-order valence-electron chi connectivity index (χ4n) is 3.31. The molecule has 0 saturated heterocycles. The van der Waals surface area contributed by atoms with Crippen molar-refractivity contribution in [1.29, 1.82) is 0 Å². The maximum absolute atomic E-state index is 12.1. The van der Waals surface area contributed by atoms with E-state index in [0.29, 0.717) is 17.7 Å². The van der Waals surface area contributed by atoms with E-state index in [2.05, 4.69) is 34.9 Å². The third-order valence-corrected chi connectivity index (χ3v) is 6.86. The predicted molar refractivity (Wildman–Crippen MR) is 137 cm³/mol. The largest absolute Gasteiger partial charge is 0.444 e. The Labute approximate surface area is 201 Å². The van der Waals surface area contributed by atoms with Gasteiger partial charge in [0, 0.05) is 43.6 Å². The van der Waals surface area contributed by atoms with Crippen molar-refractivity contribution in [1.82, 2.24) is 14.5 Å². The van der Waals surface area contributed by atoms with Gasteiger partial charge in [0.1, 0.15) is 29.0 Å². The molecule has 0 aliphatic carbocycles. The number of hydrogen-bond donors (Lipinski definition) is 1. The van der Waals surface area contributed by atoms with E-state index in [4.69, 9.17) is 21.1 Å². The van der Waals surface area contributed by atoms with Crippen LogP contribution in [0.1, 0.15) is 26.3 Å². The van der Waals surface area contributed by atoms with Gasteiger partial charge in [0.25, 0.3) is 0 Å². The summed E-state index contributed by atoms with van der Waals surface area (Å²) in [6, 6.07) is 6.68. The Morgan fingerprint density at radius 3 is 2.58 bits per heavy atom. The van der Waals surface area contributed by atoms with Crippen LogP contribution in [0.15, 0.2) is 30.6 Å². The summed E-state index contributed by atoms with van der Waals surface area (Å²) in [5.74, 6) is 0.435. The van der Waals surface area contributed by atoms with Crippen LogP contribution in [0.25, 0.3) is 22.2 Å². The highest BCUT2D eigenvalue weighted by atomic mass is 35.5. The number of fused-ring (bicyclic) bond motifs is 1. The lowest BCUT2D eigenvalue weighted by Gasteiger charge is -2.19. The molecule has 0 fully saturated rings. The number of nitrogens with one attached hydrogen (secondary N) is 1. The Balaban J connectivity index is 1.86. The summed E-state index contributed by atoms with van der Waals surface area (Å²) in [7, 11) is -1.16. The Morgan fingerprint density at radius 2 is 1.94 bits per heavy atom. The highest BCUT2D eigenvalue weighted by Crippen LogP contribution is 2.33. The first-order chi connectivity index (χ1) is 15.3. The zero-order chi connectivity index (χ0) is 24.4. The predicted octanol–water partition coefficient (Wildman–Crippen LogP) is 6.72. The van der Waals surface area contributed by atoms with Gasteiger partial charge in [-0.1, -0.05) is 31.2 Å². The molecule has 3 rings (SSSR count). The molecular weight excluding hydrogens is 456 g/mol. The average molecular weight is 489 g/mol. The number of hydrogen-bond acceptors (Lipinski definition) is 5. The molecule has 3 heterocycles. The van der Waals surface area contributed by atoms with Gasteiger partial charge in [0.05, 0.1) is 0 Å². The molecule has 7 nitrogen and oxygen atoms in total. The minimum atomic E-state index is -1.16. The Hall–Kier alpha value is -2.42. The molecular formula is C24H33ClN4O3Si. The molecule has 0 radical (unpaired) electrons. The first kappa shape index (κ1) is 25.2. The van der Waals surface area contributed by atoms with E-state index in [1.807, 2.05) is 50.6 Å². The average Bonchev–Trinajstić information content (AvgIpc) is 3.00. The number of pyridine rings is 2. The molecule has 0 aromatic carbocycles. The smallest absolute Gasteiger partial charge is 0.413 e. The van der Waals surface area contributed by atoms with Crippen molar-refractivity contribution in [2.45, 2.75) is 65.7 Å². The van der Waals surface area contributed by atoms with Gasteiger partial charge in [0.2, 0.25) is 0 Å². The number of carbonyl (C=O) groups is 1. The van der Waals surface area contributed by atoms with Crippen LogP contribution in [-0.4, -0.2) is 40.9 Å². The van der Waals surface area contributed by atoms with E-state index in [1.165, 1.54) is 0 Å². The van der Waals surface area contributed by atoms with Crippen molar-refractivity contribution in [3.8, 4) is 11.1 Å². The number of carbonyl (C=O) groups excluding carboxylic acids is 1. The van der Waals surface area contributed by atoms with Gasteiger partial charge in [-0.25, -0.2) is 14.8 Å². The van der Waals surface area contributed by atoms with Gasteiger partial charge in [-0.15, -0.1) is 0 Å². The van der Waals surface area contributed by atoms with E-state index >= 15 is 0 Å². The van der Waals surface area contributed by atoms with E-state index in [1.54, 1.807) is 12.3 Å². The molecule has 0 aliphatic rings. The molecule has 0 saturated carbocycles. The Kier molecular flexibility index (Phi) is 7.51. The van der Waals surface area contributed by atoms with Gasteiger partial charge in [-0.3, -0.25) is 5.32 Å². The summed E-state index contributed by atoms with van der Waals surface area (Å²) in [5, 5.41) is 4.09. The quantitative estimate of drug-likeness (QED) is 0.227. The number of halogens is 1. The van der Waals surface area contributed by atoms with E-state index in [0.717, 1.165) is 40.4 Å². The van der Waals surface area contributed by atoms with Crippen LogP contribution in [0.3, 0.4) is 0 Å². The lowest BCUT2D eigenvalue weighted by atomic mass is 10.0. The van der Waals surface area contributed by atoms with Crippen molar-refractivity contribution < 1.29 is 14.3 Å². The molecule has 3 aromatic rings. The first-order valence-electron chi connectivity index (χ1n) is 11.0. The lowest BCUT2D eigenvalue weighted by Crippen LogP contribution is -2.27. The maximum Gasteiger partial charge on any atom is 0.413 e. The highest BCUT2D eigenvalue weighted by molar-refractivity contribution is 6.76. The number of ether oxygens (including phenoxy) is 2. The number of amides is 1. The van der Waals surface area contributed by atoms with Crippen LogP contribution >= 0.6 is 11.6 Å². The van der Waals surface area contributed by atoms with Crippen molar-refractivity contribution in [2.24, 2.45) is 0 Å². The molecule has 0 spiro atoms. The number of nitrogens with zero attached hydrogens (tertiary/aromatic N) is 3. The monoisotopic (exact) mass is 488 g/mol. The molecule has 0 atom stereocenters. The molecule has 0 unspecified atom stereocenters. The van der Waals surface area contributed by atoms with Crippen LogP contribution in [-0.2, 0) is 16.2 Å². The summed E-state index contributed by atoms with van der Waals surface area (Å²) in [6.45, 7) is 15.6. The van der Waals surface area contributed by atoms with Crippen LogP contribution in [0.4, 0.5) is 10.6 Å². The van der Waals surface area contributed by atoms with E-state index in [-0.39, 0.29) is 0 Å². The van der Waals surface area contributed by atoms with Crippen LogP contribution in [0.2, 0.25) is 30.8 Å². The van der Waals surface area contributed by atoms with Crippen LogP contribution < -0.4 is 5.32 Å². The zero-order valence-electron chi connectivity index (χ0n) is 20.5. The molecule has 1 N–H and O–H groups in total. The van der Waals surface area contributed by atoms with Gasteiger partial charge in [-0.05, 0) is 57.5 Å². The second-order valence-electron chi connectivity index (χ2n) is 10.4. The summed E-state index contributed by atoms with van der Waals surface area (Å²) >= 11 is 6.19. The molecule has 1 amide bonds. The molecule has 3 aromatic heterocycles. The maximum atomic E-state index is 12.1. The van der Waals surface area contributed by atoms with Gasteiger partial charge < -0.3 is 14.0 Å². The SMILES string of the molecule is Cc1cc(NC(=O)OC(C)(C)C)ncc1-c1cn(COCC[Si](C)(C)C)c2nc(Cl)ccc12. The Bertz CT molecular complexity index is 1150. The molecule has 33 heavy (non-hydrogen) atoms. The van der Waals surface area contributed by atoms with Gasteiger partial charge >= 0.3 is 6.09 Å². The third kappa shape index (κ3) is 7.03. The fourth-order valence-corrected chi connectivity index (χ4v) is 4.21. The molecule has 0 bridgehead atoms. The third-order valence-electron chi connectivity index (χ3n) is 4.95. The van der Waals surface area contributed by atoms with Crippen molar-refractivity contribution in [2.75, 3.05) is 11.9 Å². The summed E-state index contributed by atoms with van der Waals surface area (Å²) < 4.78 is 13.3. The number of anilines is 1. The second-order valence-corrected chi connectivity index (χ2v) is 16.4. The van der Waals surface area contributed by atoms with Crippen molar-refractivity contribution in [3.63, 3.8) is 0 Å². The summed E-state index contributed by atoms with van der Waals surface area (Å²) in [6.07, 6.45) is 3.24. The summed E-state index contributed by atoms with van der Waals surface area (Å²) in [5.41, 5.74) is 3.08. The van der Waals surface area contributed by atoms with Gasteiger partial charge in [-0.2, -0.15) is 0 Å². The minimum absolute atomic E-state index is 0.402. The van der Waals surface area contributed by atoms with Crippen LogP contribution in [0, 0.1) is 6.92 Å². The minimum Gasteiger partial charge on any atom is -0.444 e. The molecule has 178 valence electrons. The van der Waals surface area contributed by atoms with Crippen molar-refractivity contribution >= 4 is 42.6 Å². The molecule has 0 aliphatic heterocycles. The van der Waals surface area contributed by atoms with Gasteiger partial charge in [0.15, 0.2) is 0 Å². The highest BCUT2D eigenvalue weighted by Gasteiger charge is 2.19. The topological polar surface area (TPSA) is 78.3 Å². The Morgan fingerprint density at radius 1 is 1.21 bits per heavy atom. The number of aryl methyl sites for hydroxylation is 1. The van der Waals surface area contributed by atoms with Crippen LogP contribution in [0.5, 0.6) is 0 Å². The lowest BCUT2D eigenvalue weighted by molar-refractivity contribution is 0.0635. The number of rotatable bonds is 7.